The van der Waals surface area contributed by atoms with Crippen molar-refractivity contribution in [2.75, 3.05) is 20.7 Å². The number of carbonyl (C=O) groups excluding carboxylic acids is 2. The lowest BCUT2D eigenvalue weighted by molar-refractivity contribution is -0.132. The highest BCUT2D eigenvalue weighted by atomic mass is 19.1. The first kappa shape index (κ1) is 17.5. The van der Waals surface area contributed by atoms with E-state index in [0.717, 1.165) is 5.56 Å². The second-order valence-electron chi connectivity index (χ2n) is 5.27. The van der Waals surface area contributed by atoms with Crippen molar-refractivity contribution in [3.05, 3.63) is 65.5 Å². The molecule has 2 rings (SSSR count). The Hall–Kier alpha value is -2.89. The first-order valence-corrected chi connectivity index (χ1v) is 7.43. The summed E-state index contributed by atoms with van der Waals surface area (Å²) in [6.45, 7) is 0.276. The van der Waals surface area contributed by atoms with Crippen LogP contribution in [0.4, 0.5) is 4.39 Å². The number of nitrogens with one attached hydrogen (secondary N) is 1. The van der Waals surface area contributed by atoms with Gasteiger partial charge in [-0.1, -0.05) is 12.1 Å². The molecule has 0 unspecified atom stereocenters. The highest BCUT2D eigenvalue weighted by Crippen LogP contribution is 2.12. The fourth-order valence-electron chi connectivity index (χ4n) is 2.05. The van der Waals surface area contributed by atoms with E-state index >= 15 is 0 Å². The molecule has 0 saturated carbocycles. The first-order chi connectivity index (χ1) is 11.5. The number of ether oxygens (including phenoxy) is 1. The average molecular weight is 330 g/mol. The van der Waals surface area contributed by atoms with Crippen LogP contribution in [0.5, 0.6) is 5.75 Å². The number of hydrogen-bond acceptors (Lipinski definition) is 3. The van der Waals surface area contributed by atoms with Crippen molar-refractivity contribution < 1.29 is 18.7 Å². The third kappa shape index (κ3) is 4.81. The zero-order valence-corrected chi connectivity index (χ0v) is 13.6. The molecule has 6 heteroatoms. The van der Waals surface area contributed by atoms with E-state index in [4.69, 9.17) is 4.74 Å². The van der Waals surface area contributed by atoms with Gasteiger partial charge in [0.15, 0.2) is 6.61 Å². The van der Waals surface area contributed by atoms with E-state index in [1.165, 1.54) is 29.2 Å². The van der Waals surface area contributed by atoms with Gasteiger partial charge in [-0.2, -0.15) is 0 Å². The maximum atomic E-state index is 12.8. The molecule has 0 radical (unpaired) electrons. The molecule has 0 fully saturated rings. The molecular weight excluding hydrogens is 311 g/mol. The van der Waals surface area contributed by atoms with Crippen molar-refractivity contribution in [1.82, 2.24) is 10.2 Å². The van der Waals surface area contributed by atoms with E-state index in [9.17, 15) is 14.0 Å². The van der Waals surface area contributed by atoms with Crippen LogP contribution in [0.2, 0.25) is 0 Å². The molecular formula is C18H19FN2O3. The molecule has 0 aliphatic carbocycles. The van der Waals surface area contributed by atoms with E-state index in [-0.39, 0.29) is 24.2 Å². The van der Waals surface area contributed by atoms with Crippen molar-refractivity contribution in [3.8, 4) is 5.75 Å². The number of amides is 2. The highest BCUT2D eigenvalue weighted by molar-refractivity contribution is 5.93. The zero-order valence-electron chi connectivity index (χ0n) is 13.6. The van der Waals surface area contributed by atoms with Gasteiger partial charge in [0.1, 0.15) is 11.6 Å². The van der Waals surface area contributed by atoms with Crippen molar-refractivity contribution in [1.29, 1.82) is 0 Å². The summed E-state index contributed by atoms with van der Waals surface area (Å²) >= 11 is 0. The molecule has 5 nitrogen and oxygen atoms in total. The number of nitrogens with zero attached hydrogens (tertiary/aromatic N) is 1. The van der Waals surface area contributed by atoms with Gasteiger partial charge in [-0.3, -0.25) is 9.59 Å². The van der Waals surface area contributed by atoms with Crippen LogP contribution in [-0.2, 0) is 11.3 Å². The van der Waals surface area contributed by atoms with Gasteiger partial charge in [-0.25, -0.2) is 4.39 Å². The molecule has 0 aliphatic rings. The Bertz CT molecular complexity index is 699. The standard InChI is InChI=1S/C18H19FN2O3/c1-20-18(23)14-5-3-13(4-6-14)11-21(2)17(22)12-24-16-9-7-15(19)8-10-16/h3-10H,11-12H2,1-2H3,(H,20,23). The zero-order chi connectivity index (χ0) is 17.5. The second-order valence-corrected chi connectivity index (χ2v) is 5.27. The van der Waals surface area contributed by atoms with Crippen LogP contribution in [0.1, 0.15) is 15.9 Å². The molecule has 0 aliphatic heterocycles. The van der Waals surface area contributed by atoms with Crippen LogP contribution in [0, 0.1) is 5.82 Å². The van der Waals surface area contributed by atoms with Crippen LogP contribution in [-0.4, -0.2) is 37.4 Å². The third-order valence-corrected chi connectivity index (χ3v) is 3.46. The summed E-state index contributed by atoms with van der Waals surface area (Å²) in [4.78, 5) is 25.1. The Morgan fingerprint density at radius 1 is 1.08 bits per heavy atom. The molecule has 0 aromatic heterocycles. The molecule has 0 saturated heterocycles. The number of rotatable bonds is 6. The molecule has 0 heterocycles. The van der Waals surface area contributed by atoms with Crippen LogP contribution in [0.25, 0.3) is 0 Å². The van der Waals surface area contributed by atoms with Gasteiger partial charge in [-0.15, -0.1) is 0 Å². The van der Waals surface area contributed by atoms with Crippen LogP contribution < -0.4 is 10.1 Å². The fraction of sp³-hybridized carbons (Fsp3) is 0.222. The van der Waals surface area contributed by atoms with Crippen LogP contribution in [0.3, 0.4) is 0 Å². The maximum Gasteiger partial charge on any atom is 0.260 e. The number of halogens is 1. The SMILES string of the molecule is CNC(=O)c1ccc(CN(C)C(=O)COc2ccc(F)cc2)cc1. The Labute approximate surface area is 140 Å². The second kappa shape index (κ2) is 8.10. The Morgan fingerprint density at radius 3 is 2.29 bits per heavy atom. The van der Waals surface area contributed by atoms with Crippen LogP contribution in [0.15, 0.2) is 48.5 Å². The molecule has 2 amide bonds. The molecule has 2 aromatic carbocycles. The minimum atomic E-state index is -0.356. The highest BCUT2D eigenvalue weighted by Gasteiger charge is 2.11. The molecule has 0 bridgehead atoms. The predicted octanol–water partition coefficient (Wildman–Crippen LogP) is 2.22. The lowest BCUT2D eigenvalue weighted by Gasteiger charge is -2.17. The van der Waals surface area contributed by atoms with Crippen molar-refractivity contribution in [3.63, 3.8) is 0 Å². The topological polar surface area (TPSA) is 58.6 Å². The molecule has 2 aromatic rings. The average Bonchev–Trinajstić information content (AvgIpc) is 2.60. The molecule has 0 spiro atoms. The summed E-state index contributed by atoms with van der Waals surface area (Å²) in [5.41, 5.74) is 1.47. The van der Waals surface area contributed by atoms with Gasteiger partial charge in [0, 0.05) is 26.2 Å². The largest absolute Gasteiger partial charge is 0.484 e. The maximum absolute atomic E-state index is 12.8. The van der Waals surface area contributed by atoms with E-state index in [2.05, 4.69) is 5.32 Å². The molecule has 24 heavy (non-hydrogen) atoms. The van der Waals surface area contributed by atoms with Gasteiger partial charge in [0.2, 0.25) is 0 Å². The molecule has 1 N–H and O–H groups in total. The van der Waals surface area contributed by atoms with Gasteiger partial charge >= 0.3 is 0 Å². The summed E-state index contributed by atoms with van der Waals surface area (Å²) in [6, 6.07) is 12.5. The summed E-state index contributed by atoms with van der Waals surface area (Å²) in [6.07, 6.45) is 0. The molecule has 126 valence electrons. The van der Waals surface area contributed by atoms with Crippen molar-refractivity contribution in [2.24, 2.45) is 0 Å². The quantitative estimate of drug-likeness (QED) is 0.883. The lowest BCUT2D eigenvalue weighted by atomic mass is 10.1. The summed E-state index contributed by atoms with van der Waals surface area (Å²) in [5, 5.41) is 2.55. The van der Waals surface area contributed by atoms with E-state index in [1.807, 2.05) is 0 Å². The Kier molecular flexibility index (Phi) is 5.89. The molecule has 0 atom stereocenters. The Morgan fingerprint density at radius 2 is 1.71 bits per heavy atom. The van der Waals surface area contributed by atoms with Gasteiger partial charge < -0.3 is 15.0 Å². The van der Waals surface area contributed by atoms with Crippen molar-refractivity contribution in [2.45, 2.75) is 6.54 Å². The Balaban J connectivity index is 1.86. The summed E-state index contributed by atoms with van der Waals surface area (Å²) < 4.78 is 18.1. The monoisotopic (exact) mass is 330 g/mol. The number of carbonyl (C=O) groups is 2. The first-order valence-electron chi connectivity index (χ1n) is 7.43. The van der Waals surface area contributed by atoms with E-state index in [1.54, 1.807) is 38.4 Å². The summed E-state index contributed by atoms with van der Waals surface area (Å²) in [5.74, 6) is -0.271. The van der Waals surface area contributed by atoms with E-state index in [0.29, 0.717) is 17.9 Å². The number of hydrogen-bond donors (Lipinski definition) is 1. The summed E-state index contributed by atoms with van der Waals surface area (Å²) in [7, 11) is 3.24. The number of likely N-dealkylation sites (N-methyl/N-ethyl adjacent to an activating group) is 1. The van der Waals surface area contributed by atoms with Crippen molar-refractivity contribution >= 4 is 11.8 Å². The normalized spacial score (nSPS) is 10.1. The van der Waals surface area contributed by atoms with Gasteiger partial charge in [-0.05, 0) is 42.0 Å². The third-order valence-electron chi connectivity index (χ3n) is 3.46. The predicted molar refractivity (Wildman–Crippen MR) is 88.2 cm³/mol. The fourth-order valence-corrected chi connectivity index (χ4v) is 2.05. The van der Waals surface area contributed by atoms with E-state index < -0.39 is 0 Å². The minimum Gasteiger partial charge on any atom is -0.484 e. The van der Waals surface area contributed by atoms with Gasteiger partial charge in [0.25, 0.3) is 11.8 Å². The minimum absolute atomic E-state index is 0.127. The number of benzene rings is 2. The van der Waals surface area contributed by atoms with Gasteiger partial charge in [0.05, 0.1) is 0 Å². The lowest BCUT2D eigenvalue weighted by Crippen LogP contribution is -2.31. The smallest absolute Gasteiger partial charge is 0.260 e. The van der Waals surface area contributed by atoms with Crippen LogP contribution >= 0.6 is 0 Å².